The summed E-state index contributed by atoms with van der Waals surface area (Å²) in [6.45, 7) is 6.09. The molecule has 0 saturated carbocycles. The Morgan fingerprint density at radius 1 is 1.12 bits per heavy atom. The van der Waals surface area contributed by atoms with Gasteiger partial charge in [-0.05, 0) is 30.0 Å². The van der Waals surface area contributed by atoms with Crippen LogP contribution in [0.15, 0.2) is 65.4 Å². The van der Waals surface area contributed by atoms with Crippen molar-refractivity contribution in [3.05, 3.63) is 89.5 Å². The zero-order valence-corrected chi connectivity index (χ0v) is 19.0. The summed E-state index contributed by atoms with van der Waals surface area (Å²) >= 11 is 0. The summed E-state index contributed by atoms with van der Waals surface area (Å²) in [5.41, 5.74) is 3.16. The van der Waals surface area contributed by atoms with Crippen molar-refractivity contribution in [1.29, 1.82) is 0 Å². The lowest BCUT2D eigenvalue weighted by Crippen LogP contribution is -2.28. The van der Waals surface area contributed by atoms with Crippen molar-refractivity contribution in [2.45, 2.75) is 33.4 Å². The Labute approximate surface area is 192 Å². The van der Waals surface area contributed by atoms with E-state index in [0.29, 0.717) is 43.6 Å². The minimum atomic E-state index is -0.252. The van der Waals surface area contributed by atoms with Crippen molar-refractivity contribution < 1.29 is 13.6 Å². The molecule has 2 aromatic carbocycles. The molecule has 4 rings (SSSR count). The molecule has 0 fully saturated rings. The van der Waals surface area contributed by atoms with E-state index in [0.717, 1.165) is 11.9 Å². The first-order chi connectivity index (χ1) is 16.0. The Bertz CT molecular complexity index is 1210. The number of benzene rings is 2. The molecule has 0 spiro atoms. The van der Waals surface area contributed by atoms with Crippen LogP contribution in [-0.4, -0.2) is 33.9 Å². The number of oxazole rings is 1. The smallest absolute Gasteiger partial charge is 0.273 e. The molecule has 6 nitrogen and oxygen atoms in total. The number of hydrogen-bond acceptors (Lipinski definition) is 4. The van der Waals surface area contributed by atoms with E-state index in [-0.39, 0.29) is 17.4 Å². The van der Waals surface area contributed by atoms with E-state index in [4.69, 9.17) is 4.42 Å². The minimum Gasteiger partial charge on any atom is -0.447 e. The number of hydrogen-bond donors (Lipinski definition) is 2. The number of aromatic amines is 1. The molecule has 1 amide bonds. The number of fused-ring (bicyclic) bond motifs is 1. The number of rotatable bonds is 10. The molecule has 0 aliphatic rings. The van der Waals surface area contributed by atoms with Gasteiger partial charge in [0.2, 0.25) is 5.89 Å². The number of carbonyl (C=O) groups excluding carboxylic acids is 1. The van der Waals surface area contributed by atoms with Crippen molar-refractivity contribution in [1.82, 2.24) is 20.2 Å². The molecule has 2 N–H and O–H groups in total. The molecule has 33 heavy (non-hydrogen) atoms. The SMILES string of the molecule is CC(C)CNC(=O)c1coc(CN(CCc2c[nH]c3ccccc23)Cc2ccccc2F)n1. The molecule has 0 saturated heterocycles. The third-order valence-electron chi connectivity index (χ3n) is 5.54. The quantitative estimate of drug-likeness (QED) is 0.361. The number of aromatic nitrogens is 2. The molecule has 4 aromatic rings. The number of amides is 1. The normalized spacial score (nSPS) is 11.5. The van der Waals surface area contributed by atoms with Gasteiger partial charge in [0, 0.05) is 42.3 Å². The number of halogens is 1. The molecular weight excluding hydrogens is 419 g/mol. The second-order valence-corrected chi connectivity index (χ2v) is 8.64. The second kappa shape index (κ2) is 10.4. The lowest BCUT2D eigenvalue weighted by Gasteiger charge is -2.21. The van der Waals surface area contributed by atoms with Crippen LogP contribution in [0.3, 0.4) is 0 Å². The molecule has 0 radical (unpaired) electrons. The van der Waals surface area contributed by atoms with Crippen LogP contribution in [0.4, 0.5) is 4.39 Å². The summed E-state index contributed by atoms with van der Waals surface area (Å²) in [5.74, 6) is 0.287. The van der Waals surface area contributed by atoms with E-state index in [1.807, 2.05) is 38.2 Å². The van der Waals surface area contributed by atoms with Crippen LogP contribution in [0.2, 0.25) is 0 Å². The van der Waals surface area contributed by atoms with Crippen LogP contribution in [0, 0.1) is 11.7 Å². The standard InChI is InChI=1S/C26H29FN4O2/c1-18(2)13-29-26(32)24-17-33-25(30-24)16-31(15-20-7-3-5-9-22(20)27)12-11-19-14-28-23-10-6-4-8-21(19)23/h3-10,14,17-18,28H,11-13,15-16H2,1-2H3,(H,29,32). The Morgan fingerprint density at radius 3 is 2.73 bits per heavy atom. The Balaban J connectivity index is 1.48. The zero-order valence-electron chi connectivity index (χ0n) is 19.0. The van der Waals surface area contributed by atoms with Gasteiger partial charge in [0.15, 0.2) is 5.69 Å². The van der Waals surface area contributed by atoms with Crippen LogP contribution in [-0.2, 0) is 19.5 Å². The van der Waals surface area contributed by atoms with Gasteiger partial charge in [0.25, 0.3) is 5.91 Å². The summed E-state index contributed by atoms with van der Waals surface area (Å²) in [4.78, 5) is 22.0. The van der Waals surface area contributed by atoms with E-state index in [1.165, 1.54) is 23.3 Å². The summed E-state index contributed by atoms with van der Waals surface area (Å²) in [7, 11) is 0. The van der Waals surface area contributed by atoms with Gasteiger partial charge in [-0.2, -0.15) is 0 Å². The van der Waals surface area contributed by atoms with Crippen LogP contribution in [0.1, 0.15) is 41.4 Å². The minimum absolute atomic E-state index is 0.240. The highest BCUT2D eigenvalue weighted by atomic mass is 19.1. The van der Waals surface area contributed by atoms with Gasteiger partial charge in [-0.1, -0.05) is 50.2 Å². The Morgan fingerprint density at radius 2 is 1.91 bits per heavy atom. The maximum Gasteiger partial charge on any atom is 0.273 e. The monoisotopic (exact) mass is 448 g/mol. The third kappa shape index (κ3) is 5.87. The number of para-hydroxylation sites is 1. The first kappa shape index (κ1) is 22.7. The second-order valence-electron chi connectivity index (χ2n) is 8.64. The van der Waals surface area contributed by atoms with Crippen molar-refractivity contribution >= 4 is 16.8 Å². The predicted octanol–water partition coefficient (Wildman–Crippen LogP) is 4.93. The van der Waals surface area contributed by atoms with Crippen molar-refractivity contribution in [3.8, 4) is 0 Å². The predicted molar refractivity (Wildman–Crippen MR) is 126 cm³/mol. The molecule has 172 valence electrons. The molecule has 0 unspecified atom stereocenters. The number of nitrogens with zero attached hydrogens (tertiary/aromatic N) is 2. The Kier molecular flexibility index (Phi) is 7.19. The van der Waals surface area contributed by atoms with Crippen molar-refractivity contribution in [3.63, 3.8) is 0 Å². The van der Waals surface area contributed by atoms with Crippen LogP contribution in [0.5, 0.6) is 0 Å². The lowest BCUT2D eigenvalue weighted by atomic mass is 10.1. The molecule has 0 aliphatic carbocycles. The molecule has 0 atom stereocenters. The van der Waals surface area contributed by atoms with Gasteiger partial charge in [0.1, 0.15) is 12.1 Å². The Hall–Kier alpha value is -3.45. The van der Waals surface area contributed by atoms with E-state index in [9.17, 15) is 9.18 Å². The fraction of sp³-hybridized carbons (Fsp3) is 0.308. The molecule has 2 heterocycles. The maximum atomic E-state index is 14.3. The number of nitrogens with one attached hydrogen (secondary N) is 2. The number of carbonyl (C=O) groups is 1. The van der Waals surface area contributed by atoms with Gasteiger partial charge in [-0.15, -0.1) is 0 Å². The van der Waals surface area contributed by atoms with Crippen LogP contribution < -0.4 is 5.32 Å². The fourth-order valence-corrected chi connectivity index (χ4v) is 3.77. The molecule has 0 bridgehead atoms. The fourth-order valence-electron chi connectivity index (χ4n) is 3.77. The van der Waals surface area contributed by atoms with Crippen LogP contribution in [0.25, 0.3) is 10.9 Å². The average molecular weight is 449 g/mol. The highest BCUT2D eigenvalue weighted by molar-refractivity contribution is 5.91. The summed E-state index contributed by atoms with van der Waals surface area (Å²) in [6.07, 6.45) is 4.18. The molecule has 0 aliphatic heterocycles. The van der Waals surface area contributed by atoms with E-state index < -0.39 is 0 Å². The summed E-state index contributed by atoms with van der Waals surface area (Å²) < 4.78 is 19.9. The van der Waals surface area contributed by atoms with Gasteiger partial charge in [-0.25, -0.2) is 9.37 Å². The van der Waals surface area contributed by atoms with Gasteiger partial charge < -0.3 is 14.7 Å². The number of H-pyrrole nitrogens is 1. The molecular formula is C26H29FN4O2. The van der Waals surface area contributed by atoms with Crippen molar-refractivity contribution in [2.24, 2.45) is 5.92 Å². The van der Waals surface area contributed by atoms with Crippen molar-refractivity contribution in [2.75, 3.05) is 13.1 Å². The lowest BCUT2D eigenvalue weighted by molar-refractivity contribution is 0.0944. The third-order valence-corrected chi connectivity index (χ3v) is 5.54. The average Bonchev–Trinajstić information content (AvgIpc) is 3.44. The molecule has 7 heteroatoms. The van der Waals surface area contributed by atoms with Gasteiger partial charge >= 0.3 is 0 Å². The highest BCUT2D eigenvalue weighted by Crippen LogP contribution is 2.20. The van der Waals surface area contributed by atoms with Crippen LogP contribution >= 0.6 is 0 Å². The van der Waals surface area contributed by atoms with E-state index in [1.54, 1.807) is 12.1 Å². The highest BCUT2D eigenvalue weighted by Gasteiger charge is 2.17. The first-order valence-electron chi connectivity index (χ1n) is 11.2. The largest absolute Gasteiger partial charge is 0.447 e. The van der Waals surface area contributed by atoms with E-state index >= 15 is 0 Å². The topological polar surface area (TPSA) is 74.2 Å². The van der Waals surface area contributed by atoms with E-state index in [2.05, 4.69) is 32.3 Å². The molecule has 2 aromatic heterocycles. The summed E-state index contributed by atoms with van der Waals surface area (Å²) in [6, 6.07) is 14.9. The van der Waals surface area contributed by atoms with Gasteiger partial charge in [0.05, 0.1) is 6.54 Å². The zero-order chi connectivity index (χ0) is 23.2. The summed E-state index contributed by atoms with van der Waals surface area (Å²) in [5, 5.41) is 4.03. The first-order valence-corrected chi connectivity index (χ1v) is 11.2. The van der Waals surface area contributed by atoms with Gasteiger partial charge in [-0.3, -0.25) is 9.69 Å². The maximum absolute atomic E-state index is 14.3.